The Bertz CT molecular complexity index is 589. The molecule has 0 unspecified atom stereocenters. The third-order valence-corrected chi connectivity index (χ3v) is 4.83. The van der Waals surface area contributed by atoms with Gasteiger partial charge in [-0.3, -0.25) is 4.79 Å². The van der Waals surface area contributed by atoms with Crippen LogP contribution in [0.4, 0.5) is 5.69 Å². The maximum atomic E-state index is 12.0. The summed E-state index contributed by atoms with van der Waals surface area (Å²) in [6.07, 6.45) is 1.37. The van der Waals surface area contributed by atoms with Gasteiger partial charge in [-0.1, -0.05) is 37.0 Å². The number of hydrogen-bond donors (Lipinski definition) is 1. The third-order valence-electron chi connectivity index (χ3n) is 2.90. The first kappa shape index (κ1) is 17.6. The fourth-order valence-corrected chi connectivity index (χ4v) is 3.19. The lowest BCUT2D eigenvalue weighted by atomic mass is 10.0. The van der Waals surface area contributed by atoms with Crippen LogP contribution in [0, 0.1) is 5.92 Å². The van der Waals surface area contributed by atoms with E-state index < -0.39 is 9.05 Å². The number of amides is 1. The van der Waals surface area contributed by atoms with Crippen LogP contribution in [0.1, 0.15) is 26.7 Å². The Labute approximate surface area is 132 Å². The van der Waals surface area contributed by atoms with Gasteiger partial charge in [-0.25, -0.2) is 8.42 Å². The summed E-state index contributed by atoms with van der Waals surface area (Å²) >= 11 is 11.9. The summed E-state index contributed by atoms with van der Waals surface area (Å²) in [6, 6.07) is 2.30. The first-order valence-electron chi connectivity index (χ1n) is 5.95. The molecule has 8 heteroatoms. The van der Waals surface area contributed by atoms with E-state index in [1.165, 1.54) is 0 Å². The minimum absolute atomic E-state index is 0.0241. The molecular weight excluding hydrogens is 345 g/mol. The lowest BCUT2D eigenvalue weighted by Crippen LogP contribution is -2.22. The van der Waals surface area contributed by atoms with Crippen molar-refractivity contribution in [3.63, 3.8) is 0 Å². The van der Waals surface area contributed by atoms with Gasteiger partial charge in [-0.05, 0) is 25.0 Å². The Morgan fingerprint density at radius 2 is 1.65 bits per heavy atom. The van der Waals surface area contributed by atoms with Gasteiger partial charge < -0.3 is 5.32 Å². The number of carbonyl (C=O) groups is 1. The summed E-state index contributed by atoms with van der Waals surface area (Å²) in [5, 5.41) is 2.67. The van der Waals surface area contributed by atoms with Crippen molar-refractivity contribution in [2.24, 2.45) is 5.92 Å². The molecule has 0 aliphatic heterocycles. The second kappa shape index (κ2) is 6.98. The van der Waals surface area contributed by atoms with Crippen LogP contribution in [-0.2, 0) is 13.8 Å². The molecule has 4 nitrogen and oxygen atoms in total. The molecule has 0 aliphatic carbocycles. The Morgan fingerprint density at radius 1 is 1.20 bits per heavy atom. The second-order valence-corrected chi connectivity index (χ2v) is 7.58. The van der Waals surface area contributed by atoms with Crippen LogP contribution in [0.25, 0.3) is 0 Å². The van der Waals surface area contributed by atoms with Crippen LogP contribution >= 0.6 is 33.9 Å². The highest BCUT2D eigenvalue weighted by molar-refractivity contribution is 8.13. The molecule has 1 amide bonds. The summed E-state index contributed by atoms with van der Waals surface area (Å²) in [6.45, 7) is 3.81. The fraction of sp³-hybridized carbons (Fsp3) is 0.417. The third kappa shape index (κ3) is 4.25. The predicted molar refractivity (Wildman–Crippen MR) is 82.2 cm³/mol. The van der Waals surface area contributed by atoms with Gasteiger partial charge in [0, 0.05) is 16.6 Å². The van der Waals surface area contributed by atoms with E-state index in [0.29, 0.717) is 12.8 Å². The van der Waals surface area contributed by atoms with Crippen molar-refractivity contribution >= 4 is 54.5 Å². The summed E-state index contributed by atoms with van der Waals surface area (Å²) in [5.74, 6) is -0.362. The zero-order chi connectivity index (χ0) is 15.5. The van der Waals surface area contributed by atoms with Gasteiger partial charge in [0.2, 0.25) is 5.91 Å². The maximum Gasteiger partial charge on any atom is 0.261 e. The number of anilines is 1. The predicted octanol–water partition coefficient (Wildman–Crippen LogP) is 4.30. The zero-order valence-corrected chi connectivity index (χ0v) is 14.0. The molecule has 0 radical (unpaired) electrons. The van der Waals surface area contributed by atoms with Crippen LogP contribution in [0.2, 0.25) is 10.0 Å². The minimum atomic E-state index is -3.93. The van der Waals surface area contributed by atoms with Crippen LogP contribution in [0.3, 0.4) is 0 Å². The lowest BCUT2D eigenvalue weighted by Gasteiger charge is -2.15. The zero-order valence-electron chi connectivity index (χ0n) is 10.9. The van der Waals surface area contributed by atoms with Gasteiger partial charge in [0.15, 0.2) is 0 Å². The van der Waals surface area contributed by atoms with E-state index in [1.54, 1.807) is 0 Å². The minimum Gasteiger partial charge on any atom is -0.323 e. The molecule has 0 aromatic heterocycles. The smallest absolute Gasteiger partial charge is 0.261 e. The number of hydrogen-bond acceptors (Lipinski definition) is 3. The molecule has 1 rings (SSSR count). The van der Waals surface area contributed by atoms with Gasteiger partial charge in [0.05, 0.1) is 20.6 Å². The molecule has 0 saturated carbocycles. The van der Waals surface area contributed by atoms with E-state index in [2.05, 4.69) is 5.32 Å². The normalized spacial score (nSPS) is 11.7. The molecule has 0 bridgehead atoms. The molecule has 1 N–H and O–H groups in total. The maximum absolute atomic E-state index is 12.0. The molecule has 0 fully saturated rings. The second-order valence-electron chi connectivity index (χ2n) is 4.20. The molecule has 0 spiro atoms. The molecule has 20 heavy (non-hydrogen) atoms. The molecule has 0 saturated heterocycles. The number of halogens is 3. The van der Waals surface area contributed by atoms with E-state index in [-0.39, 0.29) is 32.5 Å². The Balaban J connectivity index is 3.13. The number of carbonyl (C=O) groups excluding carboxylic acids is 1. The van der Waals surface area contributed by atoms with E-state index in [0.717, 1.165) is 12.1 Å². The highest BCUT2D eigenvalue weighted by Crippen LogP contribution is 2.34. The Morgan fingerprint density at radius 3 is 2.00 bits per heavy atom. The van der Waals surface area contributed by atoms with Crippen LogP contribution in [-0.4, -0.2) is 14.3 Å². The molecule has 112 valence electrons. The first-order valence-corrected chi connectivity index (χ1v) is 9.01. The molecule has 0 heterocycles. The highest BCUT2D eigenvalue weighted by Gasteiger charge is 2.20. The molecular formula is C12H14Cl3NO3S. The standard InChI is InChI=1S/C12H14Cl3NO3S/c1-3-7(4-2)12(17)16-11-9(13)5-8(6-10(11)14)20(15,18)19/h5-7H,3-4H2,1-2H3,(H,16,17). The summed E-state index contributed by atoms with van der Waals surface area (Å²) < 4.78 is 22.5. The fourth-order valence-electron chi connectivity index (χ4n) is 1.69. The average Bonchev–Trinajstić information content (AvgIpc) is 2.33. The SMILES string of the molecule is CCC(CC)C(=O)Nc1c(Cl)cc(S(=O)(=O)Cl)cc1Cl. The number of nitrogens with one attached hydrogen (secondary N) is 1. The van der Waals surface area contributed by atoms with Crippen molar-refractivity contribution in [1.29, 1.82) is 0 Å². The van der Waals surface area contributed by atoms with Crippen molar-refractivity contribution in [2.75, 3.05) is 5.32 Å². The quantitative estimate of drug-likeness (QED) is 0.798. The van der Waals surface area contributed by atoms with Gasteiger partial charge >= 0.3 is 0 Å². The van der Waals surface area contributed by atoms with Crippen molar-refractivity contribution in [2.45, 2.75) is 31.6 Å². The van der Waals surface area contributed by atoms with Crippen molar-refractivity contribution in [3.05, 3.63) is 22.2 Å². The van der Waals surface area contributed by atoms with Gasteiger partial charge in [0.25, 0.3) is 9.05 Å². The molecule has 1 aromatic carbocycles. The summed E-state index contributed by atoms with van der Waals surface area (Å²) in [4.78, 5) is 11.8. The highest BCUT2D eigenvalue weighted by atomic mass is 35.7. The first-order chi connectivity index (χ1) is 9.20. The average molecular weight is 359 g/mol. The monoisotopic (exact) mass is 357 g/mol. The topological polar surface area (TPSA) is 63.2 Å². The van der Waals surface area contributed by atoms with E-state index in [9.17, 15) is 13.2 Å². The van der Waals surface area contributed by atoms with E-state index in [4.69, 9.17) is 33.9 Å². The van der Waals surface area contributed by atoms with Crippen molar-refractivity contribution < 1.29 is 13.2 Å². The van der Waals surface area contributed by atoms with Crippen molar-refractivity contribution in [1.82, 2.24) is 0 Å². The lowest BCUT2D eigenvalue weighted by molar-refractivity contribution is -0.120. The van der Waals surface area contributed by atoms with Crippen LogP contribution in [0.15, 0.2) is 17.0 Å². The van der Waals surface area contributed by atoms with Crippen LogP contribution < -0.4 is 5.32 Å². The van der Waals surface area contributed by atoms with Gasteiger partial charge in [0.1, 0.15) is 0 Å². The summed E-state index contributed by atoms with van der Waals surface area (Å²) in [7, 11) is 1.30. The van der Waals surface area contributed by atoms with E-state index in [1.807, 2.05) is 13.8 Å². The van der Waals surface area contributed by atoms with Crippen LogP contribution in [0.5, 0.6) is 0 Å². The molecule has 0 aliphatic rings. The van der Waals surface area contributed by atoms with E-state index >= 15 is 0 Å². The van der Waals surface area contributed by atoms with Crippen molar-refractivity contribution in [3.8, 4) is 0 Å². The van der Waals surface area contributed by atoms with Gasteiger partial charge in [-0.2, -0.15) is 0 Å². The Hall–Kier alpha value is -0.490. The largest absolute Gasteiger partial charge is 0.323 e. The molecule has 0 atom stereocenters. The number of rotatable bonds is 5. The van der Waals surface area contributed by atoms with Gasteiger partial charge in [-0.15, -0.1) is 0 Å². The Kier molecular flexibility index (Phi) is 6.13. The molecule has 1 aromatic rings. The number of benzene rings is 1. The summed E-state index contributed by atoms with van der Waals surface area (Å²) in [5.41, 5.74) is 0.189.